The Bertz CT molecular complexity index is 1850. The lowest BCUT2D eigenvalue weighted by Gasteiger charge is -2.36. The molecule has 4 N–H and O–H groups in total. The van der Waals surface area contributed by atoms with Crippen molar-refractivity contribution in [1.29, 1.82) is 0 Å². The Balaban J connectivity index is 1.26. The zero-order valence-corrected chi connectivity index (χ0v) is 29.5. The molecule has 0 saturated heterocycles. The van der Waals surface area contributed by atoms with E-state index in [2.05, 4.69) is 117 Å². The highest BCUT2D eigenvalue weighted by molar-refractivity contribution is 5.95. The van der Waals surface area contributed by atoms with Crippen LogP contribution in [-0.4, -0.2) is 49.1 Å². The van der Waals surface area contributed by atoms with Crippen LogP contribution in [0.5, 0.6) is 0 Å². The Morgan fingerprint density at radius 3 is 2.21 bits per heavy atom. The Morgan fingerprint density at radius 2 is 1.49 bits per heavy atom. The van der Waals surface area contributed by atoms with Crippen LogP contribution >= 0.6 is 0 Å². The number of fused-ring (bicyclic) bond motifs is 1. The molecule has 10 nitrogen and oxygen atoms in total. The number of aromatic amines is 1. The van der Waals surface area contributed by atoms with Gasteiger partial charge in [0.15, 0.2) is 0 Å². The topological polar surface area (TPSA) is 116 Å². The highest BCUT2D eigenvalue weighted by Crippen LogP contribution is 2.30. The van der Waals surface area contributed by atoms with Crippen LogP contribution in [0.2, 0.25) is 0 Å². The summed E-state index contributed by atoms with van der Waals surface area (Å²) >= 11 is 0. The van der Waals surface area contributed by atoms with Crippen molar-refractivity contribution in [1.82, 2.24) is 24.9 Å². The molecule has 0 spiro atoms. The van der Waals surface area contributed by atoms with Gasteiger partial charge in [-0.15, -0.1) is 0 Å². The zero-order valence-electron chi connectivity index (χ0n) is 29.5. The van der Waals surface area contributed by atoms with E-state index in [1.165, 1.54) is 5.56 Å². The minimum absolute atomic E-state index is 0.135. The summed E-state index contributed by atoms with van der Waals surface area (Å²) in [6, 6.07) is 12.5. The molecule has 0 radical (unpaired) electrons. The van der Waals surface area contributed by atoms with E-state index in [1.807, 2.05) is 38.5 Å². The third-order valence-electron chi connectivity index (χ3n) is 8.07. The van der Waals surface area contributed by atoms with E-state index in [-0.39, 0.29) is 11.1 Å². The maximum atomic E-state index is 6.27. The number of aryl methyl sites for hydroxylation is 3. The molecular weight excluding hydrogens is 586 g/mol. The first-order chi connectivity index (χ1) is 22.2. The third kappa shape index (κ3) is 8.18. The third-order valence-corrected chi connectivity index (χ3v) is 8.07. The van der Waals surface area contributed by atoms with Crippen molar-refractivity contribution in [2.75, 3.05) is 34.0 Å². The summed E-state index contributed by atoms with van der Waals surface area (Å²) in [5.74, 6) is 2.83. The standard InChI is InChI=1S/C37H49N9O/c1-23-14-15-30(28-16-17-38-31(23)28)42-33-25(3)21-40-35(44-33)46(37(8,9)10)18-19-47-22-27-12-11-13-29(26(27)4)41-32-24(2)20-39-34(43-32)45-36(5,6)7/h11-17,20-21,38H,18-19,22H2,1-10H3,(H,40,42,44)(H2,39,41,43,45). The Kier molecular flexibility index (Phi) is 9.72. The van der Waals surface area contributed by atoms with Crippen molar-refractivity contribution in [3.63, 3.8) is 0 Å². The van der Waals surface area contributed by atoms with Gasteiger partial charge in [-0.2, -0.15) is 9.97 Å². The monoisotopic (exact) mass is 635 g/mol. The fourth-order valence-electron chi connectivity index (χ4n) is 5.37. The van der Waals surface area contributed by atoms with Crippen LogP contribution in [0.15, 0.2) is 55.0 Å². The maximum Gasteiger partial charge on any atom is 0.227 e. The molecule has 47 heavy (non-hydrogen) atoms. The number of aromatic nitrogens is 5. The van der Waals surface area contributed by atoms with Crippen LogP contribution in [0, 0.1) is 27.7 Å². The lowest BCUT2D eigenvalue weighted by molar-refractivity contribution is 0.123. The summed E-state index contributed by atoms with van der Waals surface area (Å²) in [4.78, 5) is 24.5. The number of benzene rings is 2. The predicted octanol–water partition coefficient (Wildman–Crippen LogP) is 8.50. The van der Waals surface area contributed by atoms with E-state index in [9.17, 15) is 0 Å². The average Bonchev–Trinajstić information content (AvgIpc) is 3.49. The smallest absolute Gasteiger partial charge is 0.227 e. The summed E-state index contributed by atoms with van der Waals surface area (Å²) in [6.45, 7) is 22.7. The van der Waals surface area contributed by atoms with Crippen molar-refractivity contribution in [3.05, 3.63) is 82.8 Å². The molecule has 0 bridgehead atoms. The van der Waals surface area contributed by atoms with Gasteiger partial charge in [0.25, 0.3) is 0 Å². The van der Waals surface area contributed by atoms with Crippen LogP contribution in [0.1, 0.15) is 69.4 Å². The molecular formula is C37H49N9O. The highest BCUT2D eigenvalue weighted by atomic mass is 16.5. The fourth-order valence-corrected chi connectivity index (χ4v) is 5.37. The number of anilines is 6. The first-order valence-electron chi connectivity index (χ1n) is 16.2. The number of nitrogens with zero attached hydrogens (tertiary/aromatic N) is 5. The van der Waals surface area contributed by atoms with Crippen LogP contribution < -0.4 is 20.9 Å². The van der Waals surface area contributed by atoms with E-state index < -0.39 is 0 Å². The molecule has 3 heterocycles. The van der Waals surface area contributed by atoms with E-state index in [1.54, 1.807) is 0 Å². The first kappa shape index (κ1) is 33.7. The minimum atomic E-state index is -0.219. The molecule has 248 valence electrons. The number of nitrogens with one attached hydrogen (secondary N) is 4. The van der Waals surface area contributed by atoms with Gasteiger partial charge < -0.3 is 30.6 Å². The molecule has 5 aromatic rings. The summed E-state index contributed by atoms with van der Waals surface area (Å²) in [7, 11) is 0. The molecule has 3 aromatic heterocycles. The van der Waals surface area contributed by atoms with Crippen LogP contribution in [0.25, 0.3) is 10.9 Å². The van der Waals surface area contributed by atoms with Gasteiger partial charge in [-0.3, -0.25) is 0 Å². The van der Waals surface area contributed by atoms with Gasteiger partial charge in [-0.25, -0.2) is 9.97 Å². The Labute approximate surface area is 278 Å². The minimum Gasteiger partial charge on any atom is -0.375 e. The second-order valence-corrected chi connectivity index (χ2v) is 14.2. The molecule has 0 saturated carbocycles. The van der Waals surface area contributed by atoms with Gasteiger partial charge in [0.2, 0.25) is 11.9 Å². The normalized spacial score (nSPS) is 12.0. The summed E-state index contributed by atoms with van der Waals surface area (Å²) in [6.07, 6.45) is 5.69. The van der Waals surface area contributed by atoms with Gasteiger partial charge in [-0.1, -0.05) is 18.2 Å². The molecule has 10 heteroatoms. The summed E-state index contributed by atoms with van der Waals surface area (Å²) in [5.41, 5.74) is 8.16. The van der Waals surface area contributed by atoms with Crippen molar-refractivity contribution < 1.29 is 4.74 Å². The van der Waals surface area contributed by atoms with E-state index >= 15 is 0 Å². The Hall–Kier alpha value is -4.70. The van der Waals surface area contributed by atoms with E-state index in [4.69, 9.17) is 19.7 Å². The second-order valence-electron chi connectivity index (χ2n) is 14.2. The van der Waals surface area contributed by atoms with Crippen LogP contribution in [0.3, 0.4) is 0 Å². The predicted molar refractivity (Wildman–Crippen MR) is 194 cm³/mol. The molecule has 5 rings (SSSR count). The van der Waals surface area contributed by atoms with Gasteiger partial charge in [0.05, 0.1) is 18.7 Å². The number of rotatable bonds is 11. The molecule has 0 aliphatic heterocycles. The highest BCUT2D eigenvalue weighted by Gasteiger charge is 2.25. The van der Waals surface area contributed by atoms with Crippen LogP contribution in [-0.2, 0) is 11.3 Å². The molecule has 0 aliphatic carbocycles. The van der Waals surface area contributed by atoms with Gasteiger partial charge in [-0.05, 0) is 104 Å². The SMILES string of the molecule is Cc1cnc(NC(C)(C)C)nc1Nc1cccc(COCCN(c2ncc(C)c(Nc3ccc(C)c4[nH]ccc34)n2)C(C)(C)C)c1C. The molecule has 0 aliphatic rings. The summed E-state index contributed by atoms with van der Waals surface area (Å²) in [5, 5.41) is 11.6. The van der Waals surface area contributed by atoms with Gasteiger partial charge in [0, 0.05) is 64.1 Å². The first-order valence-corrected chi connectivity index (χ1v) is 16.2. The molecule has 0 unspecified atom stereocenters. The van der Waals surface area contributed by atoms with Gasteiger partial charge >= 0.3 is 0 Å². The number of H-pyrrole nitrogens is 1. The average molecular weight is 636 g/mol. The number of ether oxygens (including phenoxy) is 1. The zero-order chi connectivity index (χ0) is 33.9. The van der Waals surface area contributed by atoms with Crippen molar-refractivity contribution >= 4 is 45.8 Å². The number of hydrogen-bond donors (Lipinski definition) is 4. The van der Waals surface area contributed by atoms with Gasteiger partial charge in [0.1, 0.15) is 11.6 Å². The lowest BCUT2D eigenvalue weighted by Crippen LogP contribution is -2.44. The maximum absolute atomic E-state index is 6.27. The molecule has 2 aromatic carbocycles. The van der Waals surface area contributed by atoms with E-state index in [0.717, 1.165) is 56.2 Å². The Morgan fingerprint density at radius 1 is 0.787 bits per heavy atom. The summed E-state index contributed by atoms with van der Waals surface area (Å²) < 4.78 is 6.27. The molecule has 0 atom stereocenters. The number of hydrogen-bond acceptors (Lipinski definition) is 9. The van der Waals surface area contributed by atoms with Crippen molar-refractivity contribution in [2.45, 2.75) is 86.9 Å². The molecule has 0 fully saturated rings. The van der Waals surface area contributed by atoms with E-state index in [0.29, 0.717) is 31.7 Å². The lowest BCUT2D eigenvalue weighted by atomic mass is 10.1. The largest absolute Gasteiger partial charge is 0.375 e. The van der Waals surface area contributed by atoms with Crippen LogP contribution in [0.4, 0.5) is 34.9 Å². The molecule has 0 amide bonds. The second kappa shape index (κ2) is 13.6. The van der Waals surface area contributed by atoms with Crippen molar-refractivity contribution in [2.24, 2.45) is 0 Å². The fraction of sp³-hybridized carbons (Fsp3) is 0.405. The quantitative estimate of drug-likeness (QED) is 0.106. The van der Waals surface area contributed by atoms with Crippen molar-refractivity contribution in [3.8, 4) is 0 Å².